The van der Waals surface area contributed by atoms with Crippen molar-refractivity contribution in [1.82, 2.24) is 10.2 Å². The first-order valence-electron chi connectivity index (χ1n) is 10.6. The van der Waals surface area contributed by atoms with Gasteiger partial charge in [0.2, 0.25) is 5.91 Å². The molecular weight excluding hydrogens is 428 g/mol. The Labute approximate surface area is 189 Å². The Morgan fingerprint density at radius 2 is 2.22 bits per heavy atom. The number of nitrogens with one attached hydrogen (secondary N) is 2. The molecule has 2 aromatic rings. The normalized spacial score (nSPS) is 23.8. The number of hydrogen-bond acceptors (Lipinski definition) is 6. The maximum Gasteiger partial charge on any atom is 0.325 e. The summed E-state index contributed by atoms with van der Waals surface area (Å²) in [6, 6.07) is 8.71. The summed E-state index contributed by atoms with van der Waals surface area (Å²) in [7, 11) is 0. The molecular formula is C23H22N4O4S. The van der Waals surface area contributed by atoms with Crippen LogP contribution in [0.25, 0.3) is 0 Å². The summed E-state index contributed by atoms with van der Waals surface area (Å²) in [6.07, 6.45) is 3.02. The van der Waals surface area contributed by atoms with Crippen molar-refractivity contribution in [2.75, 3.05) is 18.5 Å². The molecule has 2 atom stereocenters. The molecule has 164 valence electrons. The lowest BCUT2D eigenvalue weighted by molar-refractivity contribution is -0.135. The van der Waals surface area contributed by atoms with Crippen LogP contribution in [-0.4, -0.2) is 35.9 Å². The summed E-state index contributed by atoms with van der Waals surface area (Å²) in [5, 5.41) is 15.7. The quantitative estimate of drug-likeness (QED) is 0.699. The predicted molar refractivity (Wildman–Crippen MR) is 117 cm³/mol. The van der Waals surface area contributed by atoms with E-state index in [0.29, 0.717) is 34.2 Å². The highest BCUT2D eigenvalue weighted by molar-refractivity contribution is 7.16. The van der Waals surface area contributed by atoms with Crippen LogP contribution in [0.4, 0.5) is 9.80 Å². The number of hydrogen-bond donors (Lipinski definition) is 2. The van der Waals surface area contributed by atoms with Crippen molar-refractivity contribution in [3.63, 3.8) is 0 Å². The van der Waals surface area contributed by atoms with Crippen LogP contribution in [0.3, 0.4) is 0 Å². The summed E-state index contributed by atoms with van der Waals surface area (Å²) >= 11 is 1.42. The molecule has 1 saturated heterocycles. The van der Waals surface area contributed by atoms with Crippen molar-refractivity contribution >= 4 is 34.2 Å². The van der Waals surface area contributed by atoms with E-state index < -0.39 is 29.9 Å². The molecule has 3 heterocycles. The molecule has 1 aromatic heterocycles. The molecule has 0 saturated carbocycles. The van der Waals surface area contributed by atoms with Crippen LogP contribution >= 0.6 is 11.3 Å². The van der Waals surface area contributed by atoms with Crippen molar-refractivity contribution in [2.24, 2.45) is 5.92 Å². The number of imide groups is 1. The van der Waals surface area contributed by atoms with Gasteiger partial charge in [-0.1, -0.05) is 25.1 Å². The Kier molecular flexibility index (Phi) is 4.90. The maximum absolute atomic E-state index is 13.3. The maximum atomic E-state index is 13.3. The largest absolute Gasteiger partial charge is 0.493 e. The summed E-state index contributed by atoms with van der Waals surface area (Å²) in [5.74, 6) is 0.124. The van der Waals surface area contributed by atoms with Gasteiger partial charge in [0.25, 0.3) is 5.91 Å². The van der Waals surface area contributed by atoms with Crippen LogP contribution in [0, 0.1) is 17.2 Å². The Bertz CT molecular complexity index is 1180. The number of ether oxygens (including phenoxy) is 1. The fourth-order valence-corrected chi connectivity index (χ4v) is 6.16. The number of nitriles is 1. The molecule has 1 aliphatic carbocycles. The number of urea groups is 1. The monoisotopic (exact) mass is 450 g/mol. The zero-order valence-corrected chi connectivity index (χ0v) is 18.4. The van der Waals surface area contributed by atoms with E-state index in [1.165, 1.54) is 11.3 Å². The van der Waals surface area contributed by atoms with Gasteiger partial charge in [0.05, 0.1) is 12.2 Å². The molecule has 2 N–H and O–H groups in total. The number of anilines is 1. The number of benzene rings is 1. The van der Waals surface area contributed by atoms with Gasteiger partial charge >= 0.3 is 6.03 Å². The van der Waals surface area contributed by atoms with E-state index in [1.54, 1.807) is 24.3 Å². The third kappa shape index (κ3) is 3.14. The standard InChI is InChI=1S/C23H22N4O4S/c1-13-6-7-14-15(11-24)20(32-18(14)10-13)25-19(28)12-27-21(29)23(26-22(27)30)8-9-31-17-5-3-2-4-16(17)23/h2-5,13H,6-10,12H2,1H3,(H,25,28)(H,26,30)/t13-,23-/m1/s1. The molecule has 1 aromatic carbocycles. The fraction of sp³-hybridized carbons (Fsp3) is 0.391. The van der Waals surface area contributed by atoms with Gasteiger partial charge < -0.3 is 15.4 Å². The second kappa shape index (κ2) is 7.64. The molecule has 4 amide bonds. The lowest BCUT2D eigenvalue weighted by Gasteiger charge is -2.33. The minimum absolute atomic E-state index is 0.285. The minimum Gasteiger partial charge on any atom is -0.493 e. The number of fused-ring (bicyclic) bond motifs is 3. The SMILES string of the molecule is C[C@@H]1CCc2c(sc(NC(=O)CN3C(=O)N[C@@]4(CCOc5ccccc54)C3=O)c2C#N)C1. The molecule has 1 fully saturated rings. The summed E-state index contributed by atoms with van der Waals surface area (Å²) < 4.78 is 5.63. The van der Waals surface area contributed by atoms with E-state index in [-0.39, 0.29) is 6.61 Å². The Balaban J connectivity index is 1.36. The average Bonchev–Trinajstić information content (AvgIpc) is 3.23. The van der Waals surface area contributed by atoms with Crippen molar-refractivity contribution in [1.29, 1.82) is 5.26 Å². The highest BCUT2D eigenvalue weighted by Gasteiger charge is 2.55. The molecule has 1 spiro atoms. The molecule has 8 nitrogen and oxygen atoms in total. The lowest BCUT2D eigenvalue weighted by Crippen LogP contribution is -2.48. The molecule has 0 bridgehead atoms. The van der Waals surface area contributed by atoms with E-state index in [1.807, 2.05) is 0 Å². The summed E-state index contributed by atoms with van der Waals surface area (Å²) in [5.41, 5.74) is 0.887. The molecule has 2 aliphatic heterocycles. The van der Waals surface area contributed by atoms with E-state index in [9.17, 15) is 19.6 Å². The zero-order chi connectivity index (χ0) is 22.5. The van der Waals surface area contributed by atoms with Crippen LogP contribution in [0.15, 0.2) is 24.3 Å². The Morgan fingerprint density at radius 1 is 1.41 bits per heavy atom. The number of rotatable bonds is 3. The van der Waals surface area contributed by atoms with Crippen LogP contribution in [-0.2, 0) is 28.0 Å². The van der Waals surface area contributed by atoms with Gasteiger partial charge in [0, 0.05) is 16.9 Å². The highest BCUT2D eigenvalue weighted by Crippen LogP contribution is 2.41. The topological polar surface area (TPSA) is 112 Å². The average molecular weight is 451 g/mol. The third-order valence-corrected chi connectivity index (χ3v) is 7.61. The van der Waals surface area contributed by atoms with Crippen molar-refractivity contribution in [2.45, 2.75) is 38.1 Å². The van der Waals surface area contributed by atoms with Crippen molar-refractivity contribution < 1.29 is 19.1 Å². The van der Waals surface area contributed by atoms with Gasteiger partial charge in [-0.3, -0.25) is 14.5 Å². The first-order chi connectivity index (χ1) is 15.4. The van der Waals surface area contributed by atoms with E-state index in [2.05, 4.69) is 23.6 Å². The molecule has 9 heteroatoms. The van der Waals surface area contributed by atoms with Crippen LogP contribution < -0.4 is 15.4 Å². The summed E-state index contributed by atoms with van der Waals surface area (Å²) in [4.78, 5) is 40.9. The Morgan fingerprint density at radius 3 is 3.03 bits per heavy atom. The van der Waals surface area contributed by atoms with E-state index >= 15 is 0 Å². The smallest absolute Gasteiger partial charge is 0.325 e. The highest BCUT2D eigenvalue weighted by atomic mass is 32.1. The van der Waals surface area contributed by atoms with E-state index in [0.717, 1.165) is 34.6 Å². The van der Waals surface area contributed by atoms with Gasteiger partial charge in [0.15, 0.2) is 5.54 Å². The fourth-order valence-electron chi connectivity index (χ4n) is 4.78. The first kappa shape index (κ1) is 20.5. The van der Waals surface area contributed by atoms with Gasteiger partial charge in [-0.15, -0.1) is 11.3 Å². The number of carbonyl (C=O) groups is 3. The second-order valence-corrected chi connectivity index (χ2v) is 9.64. The molecule has 3 aliphatic rings. The number of amides is 4. The van der Waals surface area contributed by atoms with Crippen molar-refractivity contribution in [3.8, 4) is 11.8 Å². The van der Waals surface area contributed by atoms with E-state index in [4.69, 9.17) is 4.74 Å². The van der Waals surface area contributed by atoms with Gasteiger partial charge in [0.1, 0.15) is 23.4 Å². The lowest BCUT2D eigenvalue weighted by atomic mass is 9.84. The van der Waals surface area contributed by atoms with Gasteiger partial charge in [-0.25, -0.2) is 4.79 Å². The van der Waals surface area contributed by atoms with Crippen LogP contribution in [0.1, 0.15) is 41.3 Å². The Hall–Kier alpha value is -3.38. The second-order valence-electron chi connectivity index (χ2n) is 8.54. The zero-order valence-electron chi connectivity index (χ0n) is 17.6. The number of para-hydroxylation sites is 1. The molecule has 0 radical (unpaired) electrons. The number of thiophene rings is 1. The van der Waals surface area contributed by atoms with Gasteiger partial charge in [-0.05, 0) is 36.8 Å². The number of carbonyl (C=O) groups excluding carboxylic acids is 3. The van der Waals surface area contributed by atoms with Crippen LogP contribution in [0.5, 0.6) is 5.75 Å². The van der Waals surface area contributed by atoms with Crippen molar-refractivity contribution in [3.05, 3.63) is 45.8 Å². The minimum atomic E-state index is -1.22. The number of nitrogens with zero attached hydrogens (tertiary/aromatic N) is 2. The molecule has 0 unspecified atom stereocenters. The first-order valence-corrected chi connectivity index (χ1v) is 11.5. The van der Waals surface area contributed by atoms with Gasteiger partial charge in [-0.2, -0.15) is 5.26 Å². The molecule has 32 heavy (non-hydrogen) atoms. The summed E-state index contributed by atoms with van der Waals surface area (Å²) in [6.45, 7) is 2.04. The predicted octanol–water partition coefficient (Wildman–Crippen LogP) is 2.91. The van der Waals surface area contributed by atoms with Crippen LogP contribution in [0.2, 0.25) is 0 Å². The molecule has 5 rings (SSSR count). The third-order valence-electron chi connectivity index (χ3n) is 6.44.